The van der Waals surface area contributed by atoms with Crippen molar-refractivity contribution in [3.8, 4) is 112 Å². The molecule has 0 atom stereocenters. The monoisotopic (exact) mass is 2850 g/mol. The Morgan fingerprint density at radius 2 is 0.615 bits per heavy atom. The zero-order valence-electron chi connectivity index (χ0n) is 84.0. The molecular weight excluding hydrogens is 2730 g/mol. The van der Waals surface area contributed by atoms with Crippen molar-refractivity contribution in [2.24, 2.45) is 0 Å². The molecule has 0 unspecified atom stereocenters. The minimum absolute atomic E-state index is 0. The Bertz CT molecular complexity index is 7650. The summed E-state index contributed by atoms with van der Waals surface area (Å²) in [5, 5.41) is 8.31. The second kappa shape index (κ2) is 59.0. The van der Waals surface area contributed by atoms with Crippen molar-refractivity contribution < 1.29 is 127 Å². The fraction of sp³-hybridized carbons (Fsp3) is 0.205. The van der Waals surface area contributed by atoms with Crippen LogP contribution in [0, 0.1) is 72.2 Å². The number of rotatable bonds is 31. The molecule has 0 aliphatic heterocycles. The van der Waals surface area contributed by atoms with Crippen LogP contribution in [0.1, 0.15) is 171 Å². The molecule has 15 aromatic carbocycles. The molecule has 0 bridgehead atoms. The molecule has 5 radical (unpaired) electrons. The molecule has 0 aliphatic rings. The van der Waals surface area contributed by atoms with Gasteiger partial charge < -0.3 is 24.9 Å². The van der Waals surface area contributed by atoms with Gasteiger partial charge in [-0.05, 0) is 246 Å². The number of hydrogen-bond acceptors (Lipinski definition) is 5. The van der Waals surface area contributed by atoms with Gasteiger partial charge in [-0.15, -0.1) is 148 Å². The van der Waals surface area contributed by atoms with Crippen LogP contribution in [0.5, 0.6) is 0 Å². The topological polar surface area (TPSA) is 64.5 Å². The summed E-state index contributed by atoms with van der Waals surface area (Å²) < 4.78 is 85.0. The Morgan fingerprint density at radius 1 is 0.236 bits per heavy atom. The first-order valence-corrected chi connectivity index (χ1v) is 50.6. The predicted octanol–water partition coefficient (Wildman–Crippen LogP) is 37.0. The van der Waals surface area contributed by atoms with Crippen LogP contribution in [0.4, 0.5) is 26.3 Å². The van der Waals surface area contributed by atoms with Gasteiger partial charge in [0.2, 0.25) is 0 Å². The molecular formula is C132H118F6Ir5N5-5. The van der Waals surface area contributed by atoms with E-state index in [0.717, 1.165) is 134 Å². The fourth-order valence-electron chi connectivity index (χ4n) is 18.5. The van der Waals surface area contributed by atoms with Gasteiger partial charge in [0.25, 0.3) is 0 Å². The molecule has 0 fully saturated rings. The average Bonchev–Trinajstić information content (AvgIpc) is 0.785. The van der Waals surface area contributed by atoms with Crippen LogP contribution in [0.3, 0.4) is 0 Å². The third kappa shape index (κ3) is 30.5. The molecule has 0 spiro atoms. The molecule has 0 saturated heterocycles. The van der Waals surface area contributed by atoms with Gasteiger partial charge in [-0.3, -0.25) is 8.78 Å². The summed E-state index contributed by atoms with van der Waals surface area (Å²) in [4.78, 5) is 22.4. The largest absolute Gasteiger partial charge is 0.304 e. The van der Waals surface area contributed by atoms with Crippen molar-refractivity contribution >= 4 is 53.9 Å². The van der Waals surface area contributed by atoms with Crippen LogP contribution in [0.25, 0.3) is 166 Å². The van der Waals surface area contributed by atoms with Crippen LogP contribution in [-0.2, 0) is 133 Å². The Morgan fingerprint density at radius 3 is 1.12 bits per heavy atom. The SMILES string of the molecule is CCCCCCc1ccc(-c2cc[c-]c(-c3nccc4ccc(F)cc34)c2)cc1.CCCCCCc1ccc(-c2cc[c-]c(-c3nccc4cccc(F)c34)c2)cc1.CCCCCCc1ccc(-c2cc[c-]c(-c3nccc4ccccc34)c2C)cc1.CCCCc1ccc(-c2cc(-c3ncc(F)c4ccccc34)[c-]cc2F)cc1.CCCCc1ccc(-c2cc(-c3nccc4cc(F)ccc34)[c-]cc2F)cc1.[Ir].[Ir].[Ir].[Ir].[Ir]. The zero-order valence-corrected chi connectivity index (χ0v) is 96.0. The van der Waals surface area contributed by atoms with E-state index in [-0.39, 0.29) is 135 Å². The summed E-state index contributed by atoms with van der Waals surface area (Å²) in [6.07, 6.45) is 33.8. The molecule has 20 rings (SSSR count). The molecule has 0 amide bonds. The van der Waals surface area contributed by atoms with Gasteiger partial charge in [0, 0.05) is 148 Å². The molecule has 5 aromatic heterocycles. The summed E-state index contributed by atoms with van der Waals surface area (Å²) in [5.41, 5.74) is 25.4. The quantitative estimate of drug-likeness (QED) is 0.0246. The minimum atomic E-state index is -0.371. The first-order chi connectivity index (χ1) is 70.1. The molecule has 16 heteroatoms. The van der Waals surface area contributed by atoms with E-state index in [9.17, 15) is 26.3 Å². The van der Waals surface area contributed by atoms with E-state index < -0.39 is 0 Å². The molecule has 5 heterocycles. The van der Waals surface area contributed by atoms with Crippen LogP contribution >= 0.6 is 0 Å². The summed E-state index contributed by atoms with van der Waals surface area (Å²) in [7, 11) is 0. The van der Waals surface area contributed by atoms with Gasteiger partial charge >= 0.3 is 0 Å². The smallest absolute Gasteiger partial charge is 0.147 e. The Labute approximate surface area is 936 Å². The van der Waals surface area contributed by atoms with E-state index in [1.54, 1.807) is 73.2 Å². The Kier molecular flexibility index (Phi) is 46.4. The molecule has 5 nitrogen and oxygen atoms in total. The van der Waals surface area contributed by atoms with Crippen molar-refractivity contribution in [3.63, 3.8) is 0 Å². The van der Waals surface area contributed by atoms with Crippen LogP contribution < -0.4 is 0 Å². The standard InChI is InChI=1S/C28H28N.2C27H25FN.2C25H20F2N.5Ir/c1-3-4-5-6-10-22-15-17-24(18-16-22)25-13-9-14-26(21(25)2)28-27-12-8-7-11-23(27)19-20-29-28;1-2-3-4-5-8-20-13-15-21(16-14-20)23-10-6-11-24(19-23)27-26-22(17-18-29-27)9-7-12-25(26)28;1-2-3-4-5-7-20-10-12-21(13-11-20)23-8-6-9-24(18-23)27-26-19-25(28)15-14-22(26)16-17-29-27;1-2-3-6-17-9-11-18(12-10-17)22-15-19(13-14-23(22)26)25-21-8-5-4-7-20(21)24(27)16-28-25;1-2-3-4-17-5-7-18(8-6-17)23-16-20(9-12-24(23)27)25-22-11-10-21(26)15-19(22)13-14-28-25;;;;;/h7-9,11-13,15-20H,3-6,10H2,1-2H3;6-7,9-10,12-19H,2-5,8H2,1H3;6,8,10-19H,2-5,7H2,1H3;4-5,7-12,14-16H,2-3,6H2,1H3;5-8,10-16H,2-4H2,1H3;;;;;/q5*-1;;;;;. The first kappa shape index (κ1) is 116. The molecule has 763 valence electrons. The molecule has 0 N–H and O–H groups in total. The van der Waals surface area contributed by atoms with E-state index in [2.05, 4.69) is 225 Å². The van der Waals surface area contributed by atoms with Crippen LogP contribution in [-0.4, -0.2) is 24.9 Å². The maximum absolute atomic E-state index is 14.5. The number of pyridine rings is 5. The number of aromatic nitrogens is 5. The molecule has 148 heavy (non-hydrogen) atoms. The molecule has 20 aromatic rings. The van der Waals surface area contributed by atoms with Crippen molar-refractivity contribution in [2.75, 3.05) is 0 Å². The third-order valence-electron chi connectivity index (χ3n) is 26.5. The third-order valence-corrected chi connectivity index (χ3v) is 26.5. The van der Waals surface area contributed by atoms with E-state index >= 15 is 0 Å². The van der Waals surface area contributed by atoms with E-state index in [4.69, 9.17) is 4.98 Å². The normalized spacial score (nSPS) is 10.7. The maximum Gasteiger partial charge on any atom is 0.147 e. The van der Waals surface area contributed by atoms with Crippen molar-refractivity contribution in [2.45, 2.75) is 176 Å². The van der Waals surface area contributed by atoms with Gasteiger partial charge in [-0.2, -0.15) is 0 Å². The average molecular weight is 2850 g/mol. The summed E-state index contributed by atoms with van der Waals surface area (Å²) >= 11 is 0. The number of unbranched alkanes of at least 4 members (excludes halogenated alkanes) is 11. The summed E-state index contributed by atoms with van der Waals surface area (Å²) in [5.74, 6) is -1.83. The second-order valence-electron chi connectivity index (χ2n) is 36.6. The van der Waals surface area contributed by atoms with Crippen molar-refractivity contribution in [3.05, 3.63) is 451 Å². The van der Waals surface area contributed by atoms with Gasteiger partial charge in [0.05, 0.1) is 6.20 Å². The molecule has 0 aliphatic carbocycles. The number of fused-ring (bicyclic) bond motifs is 5. The van der Waals surface area contributed by atoms with Crippen LogP contribution in [0.2, 0.25) is 0 Å². The first-order valence-electron chi connectivity index (χ1n) is 50.6. The van der Waals surface area contributed by atoms with E-state index in [1.807, 2.05) is 103 Å². The van der Waals surface area contributed by atoms with Gasteiger partial charge in [0.15, 0.2) is 0 Å². The molecule has 0 saturated carbocycles. The predicted molar refractivity (Wildman–Crippen MR) is 583 cm³/mol. The summed E-state index contributed by atoms with van der Waals surface area (Å²) in [6, 6.07) is 119. The van der Waals surface area contributed by atoms with Gasteiger partial charge in [-0.25, -0.2) is 17.6 Å². The second-order valence-corrected chi connectivity index (χ2v) is 36.6. The maximum atomic E-state index is 14.5. The van der Waals surface area contributed by atoms with Crippen molar-refractivity contribution in [1.82, 2.24) is 24.9 Å². The number of nitrogens with zero attached hydrogens (tertiary/aromatic N) is 5. The van der Waals surface area contributed by atoms with Gasteiger partial charge in [0.1, 0.15) is 23.3 Å². The number of halogens is 6. The number of aryl methyl sites for hydroxylation is 5. The van der Waals surface area contributed by atoms with E-state index in [1.165, 1.54) is 187 Å². The summed E-state index contributed by atoms with van der Waals surface area (Å²) in [6.45, 7) is 13.3. The van der Waals surface area contributed by atoms with Gasteiger partial charge in [-0.1, -0.05) is 323 Å². The minimum Gasteiger partial charge on any atom is -0.304 e. The van der Waals surface area contributed by atoms with E-state index in [0.29, 0.717) is 55.5 Å². The van der Waals surface area contributed by atoms with Crippen LogP contribution in [0.15, 0.2) is 353 Å². The fourth-order valence-corrected chi connectivity index (χ4v) is 18.5. The van der Waals surface area contributed by atoms with Crippen molar-refractivity contribution in [1.29, 1.82) is 0 Å². The Balaban J connectivity index is 0.000000174. The number of benzene rings is 15. The zero-order chi connectivity index (χ0) is 99.2. The Hall–Kier alpha value is -11.8. The number of hydrogen-bond donors (Lipinski definition) is 0.